The summed E-state index contributed by atoms with van der Waals surface area (Å²) in [4.78, 5) is 23.0. The molecule has 1 atom stereocenters. The van der Waals surface area contributed by atoms with E-state index in [1.807, 2.05) is 33.2 Å². The molecular weight excluding hydrogens is 468 g/mol. The van der Waals surface area contributed by atoms with Crippen molar-refractivity contribution in [3.05, 3.63) is 59.4 Å². The Morgan fingerprint density at radius 2 is 1.78 bits per heavy atom. The highest BCUT2D eigenvalue weighted by Gasteiger charge is 2.27. The molecule has 0 bridgehead atoms. The van der Waals surface area contributed by atoms with Gasteiger partial charge in [0.2, 0.25) is 0 Å². The first-order valence-electron chi connectivity index (χ1n) is 12.9. The van der Waals surface area contributed by atoms with Crippen LogP contribution in [0, 0.1) is 20.8 Å². The molecule has 10 heteroatoms. The van der Waals surface area contributed by atoms with Crippen molar-refractivity contribution >= 4 is 11.6 Å². The van der Waals surface area contributed by atoms with Crippen LogP contribution >= 0.6 is 0 Å². The standard InChI is InChI=1S/C27H32N8O2/c1-18-26(19(2)35-27(30-18)31-20(3)32-35)37-23-8-9-34(17-23)25-15-28-24(14-29-25)22-6-4-21(5-7-22)16-33-10-12-36-13-11-33/h4-7,14-15,23H,8-13,16-17H2,1-3H3/t23-/m1/s1. The fraction of sp³-hybridized carbons (Fsp3) is 0.444. The predicted octanol–water partition coefficient (Wildman–Crippen LogP) is 3.00. The summed E-state index contributed by atoms with van der Waals surface area (Å²) in [7, 11) is 0. The second-order valence-corrected chi connectivity index (χ2v) is 9.80. The third-order valence-corrected chi connectivity index (χ3v) is 7.09. The number of benzene rings is 1. The van der Waals surface area contributed by atoms with Gasteiger partial charge >= 0.3 is 0 Å². The van der Waals surface area contributed by atoms with E-state index in [0.717, 1.165) is 86.6 Å². The zero-order chi connectivity index (χ0) is 25.4. The van der Waals surface area contributed by atoms with Gasteiger partial charge in [-0.25, -0.2) is 9.97 Å². The molecule has 1 aromatic carbocycles. The van der Waals surface area contributed by atoms with E-state index in [1.165, 1.54) is 5.56 Å². The number of hydrogen-bond acceptors (Lipinski definition) is 9. The van der Waals surface area contributed by atoms with Crippen LogP contribution in [0.25, 0.3) is 17.0 Å². The van der Waals surface area contributed by atoms with Gasteiger partial charge in [-0.1, -0.05) is 24.3 Å². The molecule has 2 fully saturated rings. The van der Waals surface area contributed by atoms with E-state index in [2.05, 4.69) is 49.1 Å². The lowest BCUT2D eigenvalue weighted by Gasteiger charge is -2.26. The zero-order valence-corrected chi connectivity index (χ0v) is 21.6. The number of nitrogens with zero attached hydrogens (tertiary/aromatic N) is 8. The van der Waals surface area contributed by atoms with Crippen LogP contribution in [0.4, 0.5) is 5.82 Å². The van der Waals surface area contributed by atoms with E-state index in [9.17, 15) is 0 Å². The second kappa shape index (κ2) is 10.0. The number of anilines is 1. The van der Waals surface area contributed by atoms with E-state index in [0.29, 0.717) is 11.6 Å². The van der Waals surface area contributed by atoms with E-state index in [-0.39, 0.29) is 6.10 Å². The maximum Gasteiger partial charge on any atom is 0.253 e. The largest absolute Gasteiger partial charge is 0.485 e. The molecule has 0 N–H and O–H groups in total. The minimum atomic E-state index is 0.0433. The predicted molar refractivity (Wildman–Crippen MR) is 140 cm³/mol. The van der Waals surface area contributed by atoms with Crippen molar-refractivity contribution in [1.29, 1.82) is 0 Å². The Labute approximate surface area is 216 Å². The number of aromatic nitrogens is 6. The Balaban J connectivity index is 1.09. The minimum Gasteiger partial charge on any atom is -0.485 e. The Hall–Kier alpha value is -3.63. The maximum absolute atomic E-state index is 6.41. The number of aryl methyl sites for hydroxylation is 3. The molecule has 10 nitrogen and oxygen atoms in total. The smallest absolute Gasteiger partial charge is 0.253 e. The van der Waals surface area contributed by atoms with Crippen LogP contribution in [0.3, 0.4) is 0 Å². The summed E-state index contributed by atoms with van der Waals surface area (Å²) in [5.41, 5.74) is 5.00. The quantitative estimate of drug-likeness (QED) is 0.396. The van der Waals surface area contributed by atoms with Gasteiger partial charge in [0.05, 0.1) is 49.2 Å². The van der Waals surface area contributed by atoms with Gasteiger partial charge in [-0.15, -0.1) is 5.10 Å². The van der Waals surface area contributed by atoms with Crippen LogP contribution < -0.4 is 9.64 Å². The number of rotatable bonds is 6. The topological polar surface area (TPSA) is 93.8 Å². The normalized spacial score (nSPS) is 18.6. The Morgan fingerprint density at radius 1 is 0.973 bits per heavy atom. The molecule has 192 valence electrons. The van der Waals surface area contributed by atoms with E-state index < -0.39 is 0 Å². The number of fused-ring (bicyclic) bond motifs is 1. The number of morpholine rings is 1. The molecule has 2 aliphatic heterocycles. The van der Waals surface area contributed by atoms with Gasteiger partial charge in [-0.2, -0.15) is 9.50 Å². The van der Waals surface area contributed by atoms with Crippen LogP contribution in [0.2, 0.25) is 0 Å². The summed E-state index contributed by atoms with van der Waals surface area (Å²) in [6.45, 7) is 12.0. The lowest BCUT2D eigenvalue weighted by molar-refractivity contribution is 0.0342. The SMILES string of the molecule is Cc1nc2nc(C)c(O[C@@H]3CCN(c4cnc(-c5ccc(CN6CCOCC6)cc5)cn4)C3)c(C)n2n1. The summed E-state index contributed by atoms with van der Waals surface area (Å²) in [6.07, 6.45) is 4.67. The summed E-state index contributed by atoms with van der Waals surface area (Å²) in [5.74, 6) is 2.95. The highest BCUT2D eigenvalue weighted by Crippen LogP contribution is 2.27. The lowest BCUT2D eigenvalue weighted by Crippen LogP contribution is -2.35. The second-order valence-electron chi connectivity index (χ2n) is 9.80. The molecule has 3 aromatic heterocycles. The maximum atomic E-state index is 6.41. The fourth-order valence-corrected chi connectivity index (χ4v) is 5.06. The summed E-state index contributed by atoms with van der Waals surface area (Å²) >= 11 is 0. The molecule has 0 unspecified atom stereocenters. The average molecular weight is 501 g/mol. The molecule has 0 amide bonds. The van der Waals surface area contributed by atoms with Crippen molar-refractivity contribution in [3.8, 4) is 17.0 Å². The monoisotopic (exact) mass is 500 g/mol. The first-order valence-corrected chi connectivity index (χ1v) is 12.9. The van der Waals surface area contributed by atoms with Gasteiger partial charge in [0.25, 0.3) is 5.78 Å². The van der Waals surface area contributed by atoms with Crippen LogP contribution in [0.5, 0.6) is 5.75 Å². The van der Waals surface area contributed by atoms with Crippen molar-refractivity contribution in [1.82, 2.24) is 34.4 Å². The average Bonchev–Trinajstić information content (AvgIpc) is 3.54. The van der Waals surface area contributed by atoms with Crippen LogP contribution in [-0.4, -0.2) is 79.9 Å². The first kappa shape index (κ1) is 23.7. The first-order chi connectivity index (χ1) is 18.0. The van der Waals surface area contributed by atoms with E-state index >= 15 is 0 Å². The summed E-state index contributed by atoms with van der Waals surface area (Å²) in [5, 5.41) is 4.44. The highest BCUT2D eigenvalue weighted by atomic mass is 16.5. The van der Waals surface area contributed by atoms with Crippen molar-refractivity contribution in [3.63, 3.8) is 0 Å². The fourth-order valence-electron chi connectivity index (χ4n) is 5.06. The lowest BCUT2D eigenvalue weighted by atomic mass is 10.1. The van der Waals surface area contributed by atoms with Gasteiger partial charge in [-0.05, 0) is 26.3 Å². The minimum absolute atomic E-state index is 0.0433. The third kappa shape index (κ3) is 4.99. The molecule has 6 rings (SSSR count). The number of hydrogen-bond donors (Lipinski definition) is 0. The molecular formula is C27H32N8O2. The molecule has 2 aliphatic rings. The molecule has 37 heavy (non-hydrogen) atoms. The molecule has 5 heterocycles. The van der Waals surface area contributed by atoms with Gasteiger partial charge in [0.15, 0.2) is 5.75 Å². The van der Waals surface area contributed by atoms with E-state index in [1.54, 1.807) is 4.52 Å². The molecule has 2 saturated heterocycles. The van der Waals surface area contributed by atoms with Gasteiger partial charge in [-0.3, -0.25) is 9.88 Å². The van der Waals surface area contributed by atoms with E-state index in [4.69, 9.17) is 19.4 Å². The van der Waals surface area contributed by atoms with Crippen molar-refractivity contribution in [2.75, 3.05) is 44.3 Å². The Morgan fingerprint density at radius 3 is 2.54 bits per heavy atom. The van der Waals surface area contributed by atoms with Crippen LogP contribution in [0.15, 0.2) is 36.7 Å². The molecule has 4 aromatic rings. The van der Waals surface area contributed by atoms with Gasteiger partial charge in [0.1, 0.15) is 17.7 Å². The number of ether oxygens (including phenoxy) is 2. The summed E-state index contributed by atoms with van der Waals surface area (Å²) < 4.78 is 13.6. The Bertz CT molecular complexity index is 1380. The molecule has 0 aliphatic carbocycles. The molecule has 0 spiro atoms. The Kier molecular flexibility index (Phi) is 6.43. The third-order valence-electron chi connectivity index (χ3n) is 7.09. The van der Waals surface area contributed by atoms with Gasteiger partial charge in [0, 0.05) is 38.2 Å². The van der Waals surface area contributed by atoms with Crippen molar-refractivity contribution < 1.29 is 9.47 Å². The van der Waals surface area contributed by atoms with Crippen molar-refractivity contribution in [2.24, 2.45) is 0 Å². The summed E-state index contributed by atoms with van der Waals surface area (Å²) in [6, 6.07) is 8.62. The van der Waals surface area contributed by atoms with Gasteiger partial charge < -0.3 is 14.4 Å². The van der Waals surface area contributed by atoms with Crippen molar-refractivity contribution in [2.45, 2.75) is 39.8 Å². The molecule has 0 saturated carbocycles. The van der Waals surface area contributed by atoms with Crippen LogP contribution in [-0.2, 0) is 11.3 Å². The van der Waals surface area contributed by atoms with Crippen LogP contribution in [0.1, 0.15) is 29.2 Å². The highest BCUT2D eigenvalue weighted by molar-refractivity contribution is 5.59. The zero-order valence-electron chi connectivity index (χ0n) is 21.6. The molecule has 0 radical (unpaired) electrons.